The lowest BCUT2D eigenvalue weighted by atomic mass is 10.1. The van der Waals surface area contributed by atoms with Crippen molar-refractivity contribution in [1.82, 2.24) is 4.90 Å². The Hall–Kier alpha value is -1.58. The highest BCUT2D eigenvalue weighted by atomic mass is 19.1. The van der Waals surface area contributed by atoms with Crippen LogP contribution in [0.2, 0.25) is 0 Å². The third kappa shape index (κ3) is 2.12. The first kappa shape index (κ1) is 10.6. The second-order valence-electron chi connectivity index (χ2n) is 4.79. The van der Waals surface area contributed by atoms with Crippen LogP contribution in [0.4, 0.5) is 4.39 Å². The minimum Gasteiger partial charge on any atom is -0.370 e. The molecule has 1 aromatic carbocycles. The van der Waals surface area contributed by atoms with Crippen LogP contribution in [-0.2, 0) is 0 Å². The number of hydrogen-bond donors (Lipinski definition) is 1. The van der Waals surface area contributed by atoms with E-state index in [2.05, 4.69) is 9.89 Å². The maximum Gasteiger partial charge on any atom is 0.191 e. The Morgan fingerprint density at radius 3 is 2.88 bits per heavy atom. The van der Waals surface area contributed by atoms with Crippen LogP contribution >= 0.6 is 0 Å². The Morgan fingerprint density at radius 2 is 2.24 bits per heavy atom. The van der Waals surface area contributed by atoms with Crippen LogP contribution in [0.15, 0.2) is 29.3 Å². The summed E-state index contributed by atoms with van der Waals surface area (Å²) in [5.41, 5.74) is 6.93. The summed E-state index contributed by atoms with van der Waals surface area (Å²) >= 11 is 0. The van der Waals surface area contributed by atoms with Gasteiger partial charge in [-0.2, -0.15) is 0 Å². The molecule has 1 aromatic rings. The lowest BCUT2D eigenvalue weighted by Gasteiger charge is -2.31. The Bertz CT molecular complexity index is 454. The van der Waals surface area contributed by atoms with Gasteiger partial charge in [0.25, 0.3) is 0 Å². The molecule has 0 bridgehead atoms. The van der Waals surface area contributed by atoms with Gasteiger partial charge in [-0.3, -0.25) is 0 Å². The molecule has 2 aliphatic rings. The summed E-state index contributed by atoms with van der Waals surface area (Å²) < 4.78 is 13.1. The Balaban J connectivity index is 1.66. The molecule has 0 amide bonds. The third-order valence-electron chi connectivity index (χ3n) is 3.51. The molecule has 1 aliphatic heterocycles. The van der Waals surface area contributed by atoms with Gasteiger partial charge in [0.15, 0.2) is 5.96 Å². The number of rotatable bonds is 2. The van der Waals surface area contributed by atoms with Crippen LogP contribution in [0, 0.1) is 5.82 Å². The fraction of sp³-hybridized carbons (Fsp3) is 0.462. The van der Waals surface area contributed by atoms with Gasteiger partial charge in [0.05, 0.1) is 6.04 Å². The van der Waals surface area contributed by atoms with Gasteiger partial charge < -0.3 is 10.6 Å². The maximum absolute atomic E-state index is 13.1. The van der Waals surface area contributed by atoms with Crippen LogP contribution in [0.5, 0.6) is 0 Å². The lowest BCUT2D eigenvalue weighted by molar-refractivity contribution is 0.295. The minimum absolute atomic E-state index is 0.173. The van der Waals surface area contributed by atoms with Gasteiger partial charge in [-0.15, -0.1) is 0 Å². The maximum atomic E-state index is 13.1. The van der Waals surface area contributed by atoms with Gasteiger partial charge in [-0.25, -0.2) is 9.38 Å². The number of guanidine groups is 1. The van der Waals surface area contributed by atoms with Crippen LogP contribution < -0.4 is 5.73 Å². The zero-order valence-electron chi connectivity index (χ0n) is 9.64. The summed E-state index contributed by atoms with van der Waals surface area (Å²) in [6, 6.07) is 7.03. The van der Waals surface area contributed by atoms with E-state index in [-0.39, 0.29) is 11.9 Å². The van der Waals surface area contributed by atoms with Gasteiger partial charge in [0.1, 0.15) is 5.82 Å². The molecule has 1 heterocycles. The number of hydrogen-bond acceptors (Lipinski definition) is 1. The number of likely N-dealkylation sites (tertiary alicyclic amines) is 1. The minimum atomic E-state index is -0.173. The average molecular weight is 233 g/mol. The molecule has 4 heteroatoms. The first-order chi connectivity index (χ1) is 8.24. The molecular weight excluding hydrogens is 217 g/mol. The standard InChI is InChI=1S/C13H16FN3/c14-10-4-1-3-9(7-10)11-8-12(11)16-13(15)17-5-2-6-17/h1,3-4,7,11-12H,2,5-6,8H2,(H2,15,16)/t11-,12+/m0/s1. The SMILES string of the molecule is NC(=N[C@@H]1C[C@H]1c1cccc(F)c1)N1CCC1. The van der Waals surface area contributed by atoms with Gasteiger partial charge in [-0.05, 0) is 30.5 Å². The molecule has 0 unspecified atom stereocenters. The van der Waals surface area contributed by atoms with Crippen molar-refractivity contribution in [2.24, 2.45) is 10.7 Å². The average Bonchev–Trinajstić information content (AvgIpc) is 2.94. The quantitative estimate of drug-likeness (QED) is 0.624. The Labute approximate surface area is 100 Å². The summed E-state index contributed by atoms with van der Waals surface area (Å²) in [7, 11) is 0. The fourth-order valence-electron chi connectivity index (χ4n) is 2.22. The van der Waals surface area contributed by atoms with Crippen molar-refractivity contribution in [2.45, 2.75) is 24.8 Å². The van der Waals surface area contributed by atoms with Crippen LogP contribution in [0.1, 0.15) is 24.3 Å². The molecule has 1 saturated heterocycles. The predicted molar refractivity (Wildman–Crippen MR) is 65.4 cm³/mol. The number of aliphatic imine (C=N–C) groups is 1. The second kappa shape index (κ2) is 4.02. The molecule has 0 aromatic heterocycles. The van der Waals surface area contributed by atoms with Crippen LogP contribution in [0.3, 0.4) is 0 Å². The highest BCUT2D eigenvalue weighted by Crippen LogP contribution is 2.43. The zero-order valence-corrected chi connectivity index (χ0v) is 9.64. The molecule has 2 fully saturated rings. The summed E-state index contributed by atoms with van der Waals surface area (Å²) in [6.45, 7) is 2.04. The molecule has 3 nitrogen and oxygen atoms in total. The van der Waals surface area contributed by atoms with Crippen molar-refractivity contribution in [3.05, 3.63) is 35.6 Å². The lowest BCUT2D eigenvalue weighted by Crippen LogP contribution is -2.46. The second-order valence-corrected chi connectivity index (χ2v) is 4.79. The Morgan fingerprint density at radius 1 is 1.41 bits per heavy atom. The number of nitrogens with zero attached hydrogens (tertiary/aromatic N) is 2. The molecule has 1 saturated carbocycles. The zero-order chi connectivity index (χ0) is 11.8. The van der Waals surface area contributed by atoms with Crippen LogP contribution in [0.25, 0.3) is 0 Å². The monoisotopic (exact) mass is 233 g/mol. The van der Waals surface area contributed by atoms with Crippen molar-refractivity contribution in [3.63, 3.8) is 0 Å². The fourth-order valence-corrected chi connectivity index (χ4v) is 2.22. The van der Waals surface area contributed by atoms with E-state index in [1.54, 1.807) is 12.1 Å². The van der Waals surface area contributed by atoms with Crippen LogP contribution in [-0.4, -0.2) is 30.0 Å². The number of nitrogens with two attached hydrogens (primary N) is 1. The van der Waals surface area contributed by atoms with E-state index >= 15 is 0 Å². The van der Waals surface area contributed by atoms with Crippen molar-refractivity contribution in [2.75, 3.05) is 13.1 Å². The molecule has 2 N–H and O–H groups in total. The van der Waals surface area contributed by atoms with Gasteiger partial charge in [0.2, 0.25) is 0 Å². The summed E-state index contributed by atoms with van der Waals surface area (Å²) in [6.07, 6.45) is 2.19. The number of benzene rings is 1. The summed E-state index contributed by atoms with van der Waals surface area (Å²) in [5.74, 6) is 0.832. The van der Waals surface area contributed by atoms with Gasteiger partial charge >= 0.3 is 0 Å². The molecular formula is C13H16FN3. The molecule has 0 spiro atoms. The highest BCUT2D eigenvalue weighted by Gasteiger charge is 2.39. The van der Waals surface area contributed by atoms with E-state index in [9.17, 15) is 4.39 Å². The van der Waals surface area contributed by atoms with Crippen molar-refractivity contribution < 1.29 is 4.39 Å². The molecule has 1 aliphatic carbocycles. The smallest absolute Gasteiger partial charge is 0.191 e. The van der Waals surface area contributed by atoms with Crippen molar-refractivity contribution in [1.29, 1.82) is 0 Å². The molecule has 0 radical (unpaired) electrons. The molecule has 3 rings (SSSR count). The Kier molecular flexibility index (Phi) is 2.50. The van der Waals surface area contributed by atoms with E-state index in [0.717, 1.165) is 25.1 Å². The van der Waals surface area contributed by atoms with E-state index in [4.69, 9.17) is 5.73 Å². The highest BCUT2D eigenvalue weighted by molar-refractivity contribution is 5.79. The molecule has 90 valence electrons. The molecule has 2 atom stereocenters. The van der Waals surface area contributed by atoms with E-state index in [1.807, 2.05) is 6.07 Å². The largest absolute Gasteiger partial charge is 0.370 e. The summed E-state index contributed by atoms with van der Waals surface area (Å²) in [5, 5.41) is 0. The third-order valence-corrected chi connectivity index (χ3v) is 3.51. The van der Waals surface area contributed by atoms with Crippen molar-refractivity contribution >= 4 is 5.96 Å². The van der Waals surface area contributed by atoms with E-state index < -0.39 is 0 Å². The topological polar surface area (TPSA) is 41.6 Å². The number of halogens is 1. The first-order valence-corrected chi connectivity index (χ1v) is 6.08. The molecule has 17 heavy (non-hydrogen) atoms. The van der Waals surface area contributed by atoms with E-state index in [0.29, 0.717) is 11.9 Å². The first-order valence-electron chi connectivity index (χ1n) is 6.08. The van der Waals surface area contributed by atoms with E-state index in [1.165, 1.54) is 12.5 Å². The summed E-state index contributed by atoms with van der Waals surface area (Å²) in [4.78, 5) is 6.58. The predicted octanol–water partition coefficient (Wildman–Crippen LogP) is 1.70. The van der Waals surface area contributed by atoms with Crippen molar-refractivity contribution in [3.8, 4) is 0 Å². The van der Waals surface area contributed by atoms with Gasteiger partial charge in [0, 0.05) is 19.0 Å². The van der Waals surface area contributed by atoms with Gasteiger partial charge in [-0.1, -0.05) is 12.1 Å². The normalized spacial score (nSPS) is 27.8.